The van der Waals surface area contributed by atoms with Crippen LogP contribution in [0.15, 0.2) is 24.3 Å². The monoisotopic (exact) mass is 322 g/mol. The summed E-state index contributed by atoms with van der Waals surface area (Å²) in [5, 5.41) is 14.7. The number of benzene rings is 1. The van der Waals surface area contributed by atoms with Gasteiger partial charge in [0.05, 0.1) is 0 Å². The molecule has 118 valence electrons. The second kappa shape index (κ2) is 6.83. The van der Waals surface area contributed by atoms with Gasteiger partial charge in [-0.15, -0.1) is 0 Å². The van der Waals surface area contributed by atoms with Gasteiger partial charge in [-0.1, -0.05) is 13.0 Å². The molecule has 1 atom stereocenters. The molecule has 1 heterocycles. The summed E-state index contributed by atoms with van der Waals surface area (Å²) in [6.45, 7) is 1.74. The van der Waals surface area contributed by atoms with E-state index in [0.29, 0.717) is 35.6 Å². The van der Waals surface area contributed by atoms with Crippen LogP contribution in [0.1, 0.15) is 30.1 Å². The van der Waals surface area contributed by atoms with Crippen LogP contribution in [-0.2, 0) is 9.59 Å². The molecule has 22 heavy (non-hydrogen) atoms. The van der Waals surface area contributed by atoms with Gasteiger partial charge in [0, 0.05) is 23.4 Å². The number of hydrogen-bond acceptors (Lipinski definition) is 4. The summed E-state index contributed by atoms with van der Waals surface area (Å²) >= 11 is 1.51. The van der Waals surface area contributed by atoms with Crippen molar-refractivity contribution in [1.29, 1.82) is 0 Å². The fraction of sp³-hybridized carbons (Fsp3) is 0.400. The molecule has 7 heteroatoms. The minimum Gasteiger partial charge on any atom is -0.479 e. The molecule has 1 aliphatic rings. The highest BCUT2D eigenvalue weighted by atomic mass is 32.2. The number of hydrogen-bond donors (Lipinski definition) is 3. The quantitative estimate of drug-likeness (QED) is 0.767. The van der Waals surface area contributed by atoms with Crippen molar-refractivity contribution in [2.45, 2.75) is 25.3 Å². The van der Waals surface area contributed by atoms with Gasteiger partial charge >= 0.3 is 5.97 Å². The number of aliphatic carboxylic acids is 1. The molecule has 3 N–H and O–H groups in total. The number of anilines is 1. The fourth-order valence-corrected chi connectivity index (χ4v) is 3.49. The van der Waals surface area contributed by atoms with Crippen molar-refractivity contribution in [3.63, 3.8) is 0 Å². The van der Waals surface area contributed by atoms with Crippen molar-refractivity contribution in [3.05, 3.63) is 29.8 Å². The Morgan fingerprint density at radius 1 is 1.36 bits per heavy atom. The van der Waals surface area contributed by atoms with E-state index in [-0.39, 0.29) is 5.91 Å². The molecule has 0 aromatic heterocycles. The van der Waals surface area contributed by atoms with Crippen molar-refractivity contribution in [2.24, 2.45) is 0 Å². The number of carboxylic acids is 1. The average molecular weight is 322 g/mol. The summed E-state index contributed by atoms with van der Waals surface area (Å²) < 4.78 is 0. The van der Waals surface area contributed by atoms with Crippen LogP contribution in [-0.4, -0.2) is 39.9 Å². The smallest absolute Gasteiger partial charge is 0.330 e. The third-order valence-electron chi connectivity index (χ3n) is 3.51. The standard InChI is InChI=1S/C15H18N2O4S/c1-2-12(18)16-11-5-3-4-10(8-11)13(19)17-15(14(20)21)6-7-22-9-15/h3-5,8H,2,6-7,9H2,1H3,(H,16,18)(H,17,19)(H,20,21). The normalized spacial score (nSPS) is 20.4. The molecule has 1 unspecified atom stereocenters. The molecule has 6 nitrogen and oxygen atoms in total. The first-order valence-corrected chi connectivity index (χ1v) is 8.16. The number of thioether (sulfide) groups is 1. The molecular formula is C15H18N2O4S. The van der Waals surface area contributed by atoms with Crippen LogP contribution in [0.2, 0.25) is 0 Å². The Kier molecular flexibility index (Phi) is 5.07. The maximum atomic E-state index is 12.3. The second-order valence-corrected chi connectivity index (χ2v) is 6.23. The Hall–Kier alpha value is -2.02. The number of rotatable bonds is 5. The zero-order valence-electron chi connectivity index (χ0n) is 12.2. The van der Waals surface area contributed by atoms with E-state index in [2.05, 4.69) is 10.6 Å². The van der Waals surface area contributed by atoms with Gasteiger partial charge in [0.1, 0.15) is 5.54 Å². The lowest BCUT2D eigenvalue weighted by Crippen LogP contribution is -2.54. The van der Waals surface area contributed by atoms with Crippen LogP contribution in [0.4, 0.5) is 5.69 Å². The SMILES string of the molecule is CCC(=O)Nc1cccc(C(=O)NC2(C(=O)O)CCSC2)c1. The van der Waals surface area contributed by atoms with Crippen molar-refractivity contribution < 1.29 is 19.5 Å². The Morgan fingerprint density at radius 2 is 2.14 bits per heavy atom. The van der Waals surface area contributed by atoms with E-state index >= 15 is 0 Å². The van der Waals surface area contributed by atoms with Crippen molar-refractivity contribution in [2.75, 3.05) is 16.8 Å². The summed E-state index contributed by atoms with van der Waals surface area (Å²) in [4.78, 5) is 35.2. The molecule has 1 fully saturated rings. The lowest BCUT2D eigenvalue weighted by molar-refractivity contribution is -0.143. The summed E-state index contributed by atoms with van der Waals surface area (Å²) in [7, 11) is 0. The molecule has 0 radical (unpaired) electrons. The van der Waals surface area contributed by atoms with Crippen LogP contribution in [0.25, 0.3) is 0 Å². The molecule has 1 saturated heterocycles. The van der Waals surface area contributed by atoms with Crippen LogP contribution >= 0.6 is 11.8 Å². The van der Waals surface area contributed by atoms with Gasteiger partial charge in [-0.2, -0.15) is 11.8 Å². The highest BCUT2D eigenvalue weighted by Crippen LogP contribution is 2.28. The Balaban J connectivity index is 2.14. The average Bonchev–Trinajstić information content (AvgIpc) is 2.97. The fourth-order valence-electron chi connectivity index (χ4n) is 2.16. The van der Waals surface area contributed by atoms with Gasteiger partial charge in [0.25, 0.3) is 5.91 Å². The van der Waals surface area contributed by atoms with Gasteiger partial charge in [0.15, 0.2) is 0 Å². The molecule has 1 aromatic rings. The first-order chi connectivity index (χ1) is 10.5. The van der Waals surface area contributed by atoms with E-state index < -0.39 is 17.4 Å². The van der Waals surface area contributed by atoms with Gasteiger partial charge in [0.2, 0.25) is 5.91 Å². The third-order valence-corrected chi connectivity index (χ3v) is 4.70. The molecule has 0 aliphatic carbocycles. The molecule has 1 aliphatic heterocycles. The molecule has 2 amide bonds. The largest absolute Gasteiger partial charge is 0.479 e. The predicted molar refractivity (Wildman–Crippen MR) is 85.1 cm³/mol. The number of nitrogens with one attached hydrogen (secondary N) is 2. The molecule has 0 spiro atoms. The molecular weight excluding hydrogens is 304 g/mol. The zero-order chi connectivity index (χ0) is 16.2. The topological polar surface area (TPSA) is 95.5 Å². The van der Waals surface area contributed by atoms with Crippen LogP contribution in [0, 0.1) is 0 Å². The molecule has 0 bridgehead atoms. The maximum Gasteiger partial charge on any atom is 0.330 e. The molecule has 0 saturated carbocycles. The second-order valence-electron chi connectivity index (χ2n) is 5.13. The highest BCUT2D eigenvalue weighted by Gasteiger charge is 2.43. The van der Waals surface area contributed by atoms with Crippen LogP contribution in [0.3, 0.4) is 0 Å². The Bertz CT molecular complexity index is 597. The Labute approximate surface area is 132 Å². The predicted octanol–water partition coefficient (Wildman–Crippen LogP) is 1.73. The van der Waals surface area contributed by atoms with E-state index in [1.54, 1.807) is 31.2 Å². The van der Waals surface area contributed by atoms with E-state index in [0.717, 1.165) is 0 Å². The van der Waals surface area contributed by atoms with E-state index in [1.165, 1.54) is 11.8 Å². The minimum atomic E-state index is -1.20. The first kappa shape index (κ1) is 16.4. The van der Waals surface area contributed by atoms with Crippen molar-refractivity contribution in [3.8, 4) is 0 Å². The van der Waals surface area contributed by atoms with Crippen LogP contribution < -0.4 is 10.6 Å². The summed E-state index contributed by atoms with van der Waals surface area (Å²) in [6.07, 6.45) is 0.751. The van der Waals surface area contributed by atoms with E-state index in [9.17, 15) is 19.5 Å². The van der Waals surface area contributed by atoms with Gasteiger partial charge < -0.3 is 15.7 Å². The maximum absolute atomic E-state index is 12.3. The number of carboxylic acid groups (broad SMARTS) is 1. The number of carbonyl (C=O) groups is 3. The number of amides is 2. The lowest BCUT2D eigenvalue weighted by Gasteiger charge is -2.24. The minimum absolute atomic E-state index is 0.147. The summed E-state index contributed by atoms with van der Waals surface area (Å²) in [6, 6.07) is 6.47. The third kappa shape index (κ3) is 3.59. The first-order valence-electron chi connectivity index (χ1n) is 7.00. The van der Waals surface area contributed by atoms with Crippen molar-refractivity contribution >= 4 is 35.2 Å². The van der Waals surface area contributed by atoms with Gasteiger partial charge in [-0.05, 0) is 30.4 Å². The Morgan fingerprint density at radius 3 is 2.73 bits per heavy atom. The van der Waals surface area contributed by atoms with Gasteiger partial charge in [-0.3, -0.25) is 9.59 Å². The summed E-state index contributed by atoms with van der Waals surface area (Å²) in [5.74, 6) is -0.537. The van der Waals surface area contributed by atoms with E-state index in [4.69, 9.17) is 0 Å². The van der Waals surface area contributed by atoms with Crippen molar-refractivity contribution in [1.82, 2.24) is 5.32 Å². The van der Waals surface area contributed by atoms with E-state index in [1.807, 2.05) is 0 Å². The van der Waals surface area contributed by atoms with Gasteiger partial charge in [-0.25, -0.2) is 4.79 Å². The number of carbonyl (C=O) groups excluding carboxylic acids is 2. The van der Waals surface area contributed by atoms with Crippen LogP contribution in [0.5, 0.6) is 0 Å². The lowest BCUT2D eigenvalue weighted by atomic mass is 9.98. The molecule has 1 aromatic carbocycles. The molecule has 2 rings (SSSR count). The highest BCUT2D eigenvalue weighted by molar-refractivity contribution is 7.99. The summed E-state index contributed by atoms with van der Waals surface area (Å²) in [5.41, 5.74) is -0.360. The zero-order valence-corrected chi connectivity index (χ0v) is 13.0.